The molecule has 1 aliphatic rings. The van der Waals surface area contributed by atoms with Gasteiger partial charge in [-0.1, -0.05) is 6.07 Å². The van der Waals surface area contributed by atoms with E-state index in [0.29, 0.717) is 41.5 Å². The highest BCUT2D eigenvalue weighted by atomic mass is 19.4. The number of methoxy groups -OCH3 is 1. The minimum atomic E-state index is -4.41. The van der Waals surface area contributed by atoms with Crippen LogP contribution in [-0.2, 0) is 6.54 Å². The predicted octanol–water partition coefficient (Wildman–Crippen LogP) is 5.26. The van der Waals surface area contributed by atoms with Gasteiger partial charge in [0, 0.05) is 54.4 Å². The first-order chi connectivity index (χ1) is 19.6. The van der Waals surface area contributed by atoms with Gasteiger partial charge in [-0.3, -0.25) is 4.68 Å². The zero-order chi connectivity index (χ0) is 29.1. The molecule has 0 saturated carbocycles. The zero-order valence-corrected chi connectivity index (χ0v) is 22.0. The Balaban J connectivity index is 1.52. The van der Waals surface area contributed by atoms with E-state index in [-0.39, 0.29) is 28.6 Å². The summed E-state index contributed by atoms with van der Waals surface area (Å²) < 4.78 is 59.7. The van der Waals surface area contributed by atoms with Gasteiger partial charge in [-0.15, -0.1) is 0 Å². The van der Waals surface area contributed by atoms with Crippen LogP contribution in [0, 0.1) is 17.1 Å². The molecule has 1 aliphatic heterocycles. The highest BCUT2D eigenvalue weighted by molar-refractivity contribution is 5.80. The molecule has 1 fully saturated rings. The number of anilines is 3. The fourth-order valence-electron chi connectivity index (χ4n) is 4.84. The lowest BCUT2D eigenvalue weighted by Gasteiger charge is -2.34. The lowest BCUT2D eigenvalue weighted by Crippen LogP contribution is -2.43. The number of ether oxygens (including phenoxy) is 1. The van der Waals surface area contributed by atoms with Gasteiger partial charge in [0.2, 0.25) is 0 Å². The number of alkyl halides is 3. The summed E-state index contributed by atoms with van der Waals surface area (Å²) in [5.74, 6) is 0.310. The van der Waals surface area contributed by atoms with Crippen molar-refractivity contribution in [2.24, 2.45) is 5.73 Å². The Morgan fingerprint density at radius 1 is 1.20 bits per heavy atom. The van der Waals surface area contributed by atoms with E-state index in [1.165, 1.54) is 37.7 Å². The van der Waals surface area contributed by atoms with Gasteiger partial charge in [0.05, 0.1) is 30.1 Å². The third-order valence-corrected chi connectivity index (χ3v) is 6.67. The van der Waals surface area contributed by atoms with E-state index in [1.54, 1.807) is 24.4 Å². The molecule has 4 aromatic rings. The average Bonchev–Trinajstić information content (AvgIpc) is 3.39. The SMILES string of the molecule is COc1cccc(F)c1-c1nc(Nc2cc(N3CCC[C@H](N)C3)c(-c3cnn(CC(F)(F)F)c3)cn2)ccc1C#N. The number of pyridine rings is 2. The smallest absolute Gasteiger partial charge is 0.408 e. The number of nitrogens with one attached hydrogen (secondary N) is 1. The first-order valence-electron chi connectivity index (χ1n) is 12.8. The number of halogens is 4. The van der Waals surface area contributed by atoms with E-state index >= 15 is 0 Å². The summed E-state index contributed by atoms with van der Waals surface area (Å²) >= 11 is 0. The molecule has 212 valence electrons. The molecule has 1 aromatic carbocycles. The molecule has 0 unspecified atom stereocenters. The minimum Gasteiger partial charge on any atom is -0.496 e. The Kier molecular flexibility index (Phi) is 7.76. The Morgan fingerprint density at radius 3 is 2.76 bits per heavy atom. The standard InChI is InChI=1S/C28H26F4N8O/c1-41-23-6-2-5-21(29)26(23)27-17(11-33)7-8-24(38-27)37-25-10-22(39-9-3-4-19(34)15-39)20(13-35-25)18-12-36-40(14-18)16-28(30,31)32/h2,5-8,10,12-14,19H,3-4,9,15-16,34H2,1H3,(H,35,37,38)/t19-/m0/s1. The molecule has 1 saturated heterocycles. The van der Waals surface area contributed by atoms with Gasteiger partial charge in [0.15, 0.2) is 0 Å². The molecular formula is C28H26F4N8O. The average molecular weight is 567 g/mol. The molecule has 0 amide bonds. The van der Waals surface area contributed by atoms with E-state index in [1.807, 2.05) is 6.07 Å². The van der Waals surface area contributed by atoms with Crippen LogP contribution in [0.1, 0.15) is 18.4 Å². The number of nitrogens with two attached hydrogens (primary N) is 1. The molecule has 3 aromatic heterocycles. The van der Waals surface area contributed by atoms with Crippen molar-refractivity contribution in [3.05, 3.63) is 66.4 Å². The van der Waals surface area contributed by atoms with Gasteiger partial charge in [-0.05, 0) is 37.1 Å². The molecule has 1 atom stereocenters. The number of nitriles is 1. The van der Waals surface area contributed by atoms with Gasteiger partial charge >= 0.3 is 6.18 Å². The van der Waals surface area contributed by atoms with Crippen molar-refractivity contribution in [1.29, 1.82) is 5.26 Å². The van der Waals surface area contributed by atoms with Crippen molar-refractivity contribution in [3.8, 4) is 34.2 Å². The highest BCUT2D eigenvalue weighted by Crippen LogP contribution is 2.36. The maximum Gasteiger partial charge on any atom is 0.408 e. The molecule has 5 rings (SSSR count). The van der Waals surface area contributed by atoms with Crippen LogP contribution in [0.3, 0.4) is 0 Å². The van der Waals surface area contributed by atoms with Crippen molar-refractivity contribution in [3.63, 3.8) is 0 Å². The Hall–Kier alpha value is -4.70. The van der Waals surface area contributed by atoms with Crippen molar-refractivity contribution in [2.75, 3.05) is 30.4 Å². The van der Waals surface area contributed by atoms with Crippen LogP contribution >= 0.6 is 0 Å². The second-order valence-corrected chi connectivity index (χ2v) is 9.62. The second-order valence-electron chi connectivity index (χ2n) is 9.62. The molecule has 9 nitrogen and oxygen atoms in total. The molecule has 0 bridgehead atoms. The molecule has 41 heavy (non-hydrogen) atoms. The highest BCUT2D eigenvalue weighted by Gasteiger charge is 2.29. The molecule has 0 aliphatic carbocycles. The van der Waals surface area contributed by atoms with Crippen LogP contribution in [0.5, 0.6) is 5.75 Å². The summed E-state index contributed by atoms with van der Waals surface area (Å²) in [6.07, 6.45) is 1.57. The molecule has 0 spiro atoms. The van der Waals surface area contributed by atoms with E-state index in [2.05, 4.69) is 25.3 Å². The van der Waals surface area contributed by atoms with Crippen LogP contribution in [-0.4, -0.2) is 52.2 Å². The van der Waals surface area contributed by atoms with Crippen LogP contribution in [0.25, 0.3) is 22.4 Å². The summed E-state index contributed by atoms with van der Waals surface area (Å²) in [5.41, 5.74) is 8.33. The summed E-state index contributed by atoms with van der Waals surface area (Å²) in [5, 5.41) is 16.6. The Labute approximate surface area is 233 Å². The van der Waals surface area contributed by atoms with Crippen molar-refractivity contribution < 1.29 is 22.3 Å². The monoisotopic (exact) mass is 566 g/mol. The topological polar surface area (TPSA) is 118 Å². The second kappa shape index (κ2) is 11.4. The first kappa shape index (κ1) is 27.9. The molecule has 13 heteroatoms. The van der Waals surface area contributed by atoms with Crippen molar-refractivity contribution >= 4 is 17.3 Å². The predicted molar refractivity (Wildman–Crippen MR) is 145 cm³/mol. The number of nitrogens with zero attached hydrogens (tertiary/aromatic N) is 6. The lowest BCUT2D eigenvalue weighted by molar-refractivity contribution is -0.142. The summed E-state index contributed by atoms with van der Waals surface area (Å²) in [4.78, 5) is 11.0. The third-order valence-electron chi connectivity index (χ3n) is 6.67. The molecule has 4 heterocycles. The Morgan fingerprint density at radius 2 is 2.02 bits per heavy atom. The van der Waals surface area contributed by atoms with Crippen LogP contribution in [0.4, 0.5) is 34.9 Å². The Bertz CT molecular complexity index is 1600. The van der Waals surface area contributed by atoms with Gasteiger partial charge < -0.3 is 20.7 Å². The summed E-state index contributed by atoms with van der Waals surface area (Å²) in [6, 6.07) is 11.2. The maximum atomic E-state index is 14.8. The van der Waals surface area contributed by atoms with Gasteiger partial charge in [-0.25, -0.2) is 14.4 Å². The zero-order valence-electron chi connectivity index (χ0n) is 22.0. The van der Waals surface area contributed by atoms with Crippen molar-refractivity contribution in [2.45, 2.75) is 31.6 Å². The summed E-state index contributed by atoms with van der Waals surface area (Å²) in [6.45, 7) is 0.0517. The fraction of sp³-hybridized carbons (Fsp3) is 0.286. The van der Waals surface area contributed by atoms with Crippen LogP contribution in [0.15, 0.2) is 55.0 Å². The van der Waals surface area contributed by atoms with Crippen LogP contribution < -0.4 is 20.7 Å². The largest absolute Gasteiger partial charge is 0.496 e. The van der Waals surface area contributed by atoms with E-state index < -0.39 is 18.5 Å². The van der Waals surface area contributed by atoms with E-state index in [4.69, 9.17) is 10.5 Å². The summed E-state index contributed by atoms with van der Waals surface area (Å²) in [7, 11) is 1.40. The third kappa shape index (κ3) is 6.22. The molecular weight excluding hydrogens is 540 g/mol. The van der Waals surface area contributed by atoms with Gasteiger partial charge in [-0.2, -0.15) is 23.5 Å². The maximum absolute atomic E-state index is 14.8. The van der Waals surface area contributed by atoms with Crippen molar-refractivity contribution in [1.82, 2.24) is 19.7 Å². The molecule has 0 radical (unpaired) electrons. The quantitative estimate of drug-likeness (QED) is 0.291. The number of hydrogen-bond acceptors (Lipinski definition) is 8. The lowest BCUT2D eigenvalue weighted by atomic mass is 10.0. The number of aromatic nitrogens is 4. The fourth-order valence-corrected chi connectivity index (χ4v) is 4.84. The molecule has 3 N–H and O–H groups in total. The van der Waals surface area contributed by atoms with E-state index in [0.717, 1.165) is 17.5 Å². The normalized spacial score (nSPS) is 15.4. The number of hydrogen-bond donors (Lipinski definition) is 2. The van der Waals surface area contributed by atoms with Gasteiger partial charge in [0.25, 0.3) is 0 Å². The number of piperidine rings is 1. The van der Waals surface area contributed by atoms with Crippen LogP contribution in [0.2, 0.25) is 0 Å². The minimum absolute atomic E-state index is 0.0531. The first-order valence-corrected chi connectivity index (χ1v) is 12.8. The van der Waals surface area contributed by atoms with Gasteiger partial charge in [0.1, 0.15) is 35.8 Å². The number of rotatable bonds is 7. The number of benzene rings is 1. The van der Waals surface area contributed by atoms with E-state index in [9.17, 15) is 22.8 Å².